The van der Waals surface area contributed by atoms with E-state index in [9.17, 15) is 4.79 Å². The highest BCUT2D eigenvalue weighted by Crippen LogP contribution is 2.16. The molecule has 1 aliphatic rings. The number of ketones is 1. The summed E-state index contributed by atoms with van der Waals surface area (Å²) in [5.41, 5.74) is 0. The van der Waals surface area contributed by atoms with Gasteiger partial charge in [0.15, 0.2) is 5.78 Å². The van der Waals surface area contributed by atoms with E-state index in [0.717, 1.165) is 17.6 Å². The summed E-state index contributed by atoms with van der Waals surface area (Å²) in [6.07, 6.45) is 2.39. The average molecular weight is 185 g/mol. The molecule has 76 valence electrons. The smallest absolute Gasteiger partial charge is 0.183 e. The number of piperidine rings is 1. The summed E-state index contributed by atoms with van der Waals surface area (Å²) in [6, 6.07) is 0.665. The monoisotopic (exact) mass is 185 g/mol. The van der Waals surface area contributed by atoms with Crippen LogP contribution in [0.3, 0.4) is 0 Å². The molecular weight excluding hydrogens is 164 g/mol. The van der Waals surface area contributed by atoms with Crippen molar-refractivity contribution in [1.29, 1.82) is 0 Å². The molecule has 0 amide bonds. The summed E-state index contributed by atoms with van der Waals surface area (Å²) in [5, 5.41) is 3.30. The van der Waals surface area contributed by atoms with Crippen molar-refractivity contribution in [3.8, 4) is 0 Å². The van der Waals surface area contributed by atoms with E-state index in [0.29, 0.717) is 18.4 Å². The van der Waals surface area contributed by atoms with E-state index in [-0.39, 0.29) is 0 Å². The lowest BCUT2D eigenvalue weighted by atomic mass is 10.0. The number of nitrogens with zero attached hydrogens (tertiary/aromatic N) is 1. The number of likely N-dealkylation sites (tertiary alicyclic amines) is 1. The largest absolute Gasteiger partial charge is 0.320 e. The normalized spacial score (nSPS) is 34.5. The second kappa shape index (κ2) is 4.20. The standard InChI is InChI=1S/C10H21N2O/c1-9(13)8-12(3)6-4-10(11-2)5-7-12/h10-11H,4-8H2,1-3H3/q+1. The second-order valence-electron chi connectivity index (χ2n) is 4.49. The molecule has 1 saturated heterocycles. The third-order valence-corrected chi connectivity index (χ3v) is 3.05. The molecule has 3 nitrogen and oxygen atoms in total. The van der Waals surface area contributed by atoms with E-state index in [2.05, 4.69) is 12.4 Å². The van der Waals surface area contributed by atoms with Gasteiger partial charge in [-0.15, -0.1) is 0 Å². The van der Waals surface area contributed by atoms with Gasteiger partial charge in [0, 0.05) is 25.8 Å². The molecule has 0 bridgehead atoms. The molecule has 1 N–H and O–H groups in total. The van der Waals surface area contributed by atoms with Gasteiger partial charge >= 0.3 is 0 Å². The van der Waals surface area contributed by atoms with Crippen LogP contribution in [0.15, 0.2) is 0 Å². The number of likely N-dealkylation sites (N-methyl/N-ethyl adjacent to an activating group) is 1. The van der Waals surface area contributed by atoms with Crippen LogP contribution in [0.4, 0.5) is 0 Å². The van der Waals surface area contributed by atoms with Gasteiger partial charge in [0.2, 0.25) is 0 Å². The zero-order valence-electron chi connectivity index (χ0n) is 8.97. The SMILES string of the molecule is CNC1CC[N+](C)(CC(C)=O)CC1. The predicted molar refractivity (Wildman–Crippen MR) is 53.5 cm³/mol. The molecule has 0 unspecified atom stereocenters. The molecule has 0 aliphatic carbocycles. The summed E-state index contributed by atoms with van der Waals surface area (Å²) < 4.78 is 0.938. The molecule has 1 aliphatic heterocycles. The number of hydrogen-bond donors (Lipinski definition) is 1. The second-order valence-corrected chi connectivity index (χ2v) is 4.49. The van der Waals surface area contributed by atoms with Gasteiger partial charge in [-0.3, -0.25) is 4.79 Å². The van der Waals surface area contributed by atoms with Gasteiger partial charge in [0.05, 0.1) is 20.1 Å². The molecule has 0 aromatic rings. The lowest BCUT2D eigenvalue weighted by molar-refractivity contribution is -0.906. The van der Waals surface area contributed by atoms with Crippen LogP contribution in [0.1, 0.15) is 19.8 Å². The van der Waals surface area contributed by atoms with Gasteiger partial charge in [-0.05, 0) is 7.05 Å². The Kier molecular flexibility index (Phi) is 3.45. The van der Waals surface area contributed by atoms with Crippen LogP contribution in [-0.2, 0) is 4.79 Å². The Morgan fingerprint density at radius 2 is 2.00 bits per heavy atom. The van der Waals surface area contributed by atoms with Gasteiger partial charge in [-0.1, -0.05) is 0 Å². The van der Waals surface area contributed by atoms with Crippen LogP contribution in [0.5, 0.6) is 0 Å². The van der Waals surface area contributed by atoms with Crippen LogP contribution >= 0.6 is 0 Å². The average Bonchev–Trinajstić information content (AvgIpc) is 2.04. The summed E-state index contributed by atoms with van der Waals surface area (Å²) in [7, 11) is 4.21. The molecule has 0 aromatic carbocycles. The molecule has 1 fully saturated rings. The minimum Gasteiger partial charge on any atom is -0.320 e. The van der Waals surface area contributed by atoms with E-state index >= 15 is 0 Å². The van der Waals surface area contributed by atoms with E-state index in [1.54, 1.807) is 6.92 Å². The number of carbonyl (C=O) groups excluding carboxylic acids is 1. The Bertz CT molecular complexity index is 183. The predicted octanol–water partition coefficient (Wildman–Crippen LogP) is 0.404. The summed E-state index contributed by atoms with van der Waals surface area (Å²) in [4.78, 5) is 11.0. The fourth-order valence-corrected chi connectivity index (χ4v) is 2.18. The van der Waals surface area contributed by atoms with Crippen LogP contribution in [0.2, 0.25) is 0 Å². The third-order valence-electron chi connectivity index (χ3n) is 3.05. The molecule has 0 aromatic heterocycles. The van der Waals surface area contributed by atoms with Crippen molar-refractivity contribution in [1.82, 2.24) is 5.32 Å². The van der Waals surface area contributed by atoms with Crippen LogP contribution in [0, 0.1) is 0 Å². The maximum atomic E-state index is 11.0. The van der Waals surface area contributed by atoms with Crippen molar-refractivity contribution in [2.45, 2.75) is 25.8 Å². The van der Waals surface area contributed by atoms with Crippen LogP contribution in [0.25, 0.3) is 0 Å². The van der Waals surface area contributed by atoms with E-state index in [1.807, 2.05) is 7.05 Å². The zero-order chi connectivity index (χ0) is 9.90. The first-order valence-electron chi connectivity index (χ1n) is 5.06. The van der Waals surface area contributed by atoms with E-state index in [4.69, 9.17) is 0 Å². The topological polar surface area (TPSA) is 29.1 Å². The summed E-state index contributed by atoms with van der Waals surface area (Å²) >= 11 is 0. The minimum absolute atomic E-state index is 0.311. The van der Waals surface area contributed by atoms with E-state index in [1.165, 1.54) is 12.8 Å². The molecule has 0 spiro atoms. The number of hydrogen-bond acceptors (Lipinski definition) is 2. The first-order chi connectivity index (χ1) is 6.06. The van der Waals surface area contributed by atoms with Gasteiger partial charge in [0.1, 0.15) is 6.54 Å². The molecule has 0 radical (unpaired) electrons. The maximum Gasteiger partial charge on any atom is 0.183 e. The Balaban J connectivity index is 2.41. The molecule has 0 atom stereocenters. The van der Waals surface area contributed by atoms with Crippen molar-refractivity contribution in [3.05, 3.63) is 0 Å². The van der Waals surface area contributed by atoms with E-state index < -0.39 is 0 Å². The van der Waals surface area contributed by atoms with Crippen molar-refractivity contribution >= 4 is 5.78 Å². The zero-order valence-corrected chi connectivity index (χ0v) is 8.97. The number of rotatable bonds is 3. The highest BCUT2D eigenvalue weighted by Gasteiger charge is 2.30. The number of quaternary nitrogens is 1. The summed E-state index contributed by atoms with van der Waals surface area (Å²) in [6.45, 7) is 4.65. The lowest BCUT2D eigenvalue weighted by Gasteiger charge is -2.39. The molecular formula is C10H21N2O+. The molecule has 13 heavy (non-hydrogen) atoms. The van der Waals surface area contributed by atoms with Crippen molar-refractivity contribution < 1.29 is 9.28 Å². The van der Waals surface area contributed by atoms with Gasteiger partial charge in [-0.25, -0.2) is 0 Å². The quantitative estimate of drug-likeness (QED) is 0.645. The minimum atomic E-state index is 0.311. The molecule has 1 heterocycles. The third kappa shape index (κ3) is 3.08. The van der Waals surface area contributed by atoms with Gasteiger partial charge < -0.3 is 9.80 Å². The fourth-order valence-electron chi connectivity index (χ4n) is 2.18. The van der Waals surface area contributed by atoms with Crippen LogP contribution in [-0.4, -0.2) is 50.0 Å². The van der Waals surface area contributed by atoms with Crippen molar-refractivity contribution in [3.63, 3.8) is 0 Å². The number of Topliss-reactive ketones (excluding diaryl/α,β-unsaturated/α-hetero) is 1. The Labute approximate surface area is 80.7 Å². The molecule has 0 saturated carbocycles. The lowest BCUT2D eigenvalue weighted by Crippen LogP contribution is -2.54. The van der Waals surface area contributed by atoms with Gasteiger partial charge in [-0.2, -0.15) is 0 Å². The van der Waals surface area contributed by atoms with Crippen molar-refractivity contribution in [2.75, 3.05) is 33.7 Å². The number of nitrogens with one attached hydrogen (secondary N) is 1. The van der Waals surface area contributed by atoms with Crippen LogP contribution < -0.4 is 5.32 Å². The maximum absolute atomic E-state index is 11.0. The first-order valence-corrected chi connectivity index (χ1v) is 5.06. The Hall–Kier alpha value is -0.410. The Morgan fingerprint density at radius 1 is 1.46 bits per heavy atom. The molecule has 1 rings (SSSR count). The molecule has 3 heteroatoms. The fraction of sp³-hybridized carbons (Fsp3) is 0.900. The first kappa shape index (κ1) is 10.7. The number of carbonyl (C=O) groups is 1. The van der Waals surface area contributed by atoms with Crippen molar-refractivity contribution in [2.24, 2.45) is 0 Å². The highest BCUT2D eigenvalue weighted by atomic mass is 16.1. The van der Waals surface area contributed by atoms with Gasteiger partial charge in [0.25, 0.3) is 0 Å². The highest BCUT2D eigenvalue weighted by molar-refractivity contribution is 5.76. The summed E-state index contributed by atoms with van der Waals surface area (Å²) in [5.74, 6) is 0.311. The Morgan fingerprint density at radius 3 is 2.38 bits per heavy atom.